The second kappa shape index (κ2) is 6.46. The van der Waals surface area contributed by atoms with Gasteiger partial charge in [-0.2, -0.15) is 0 Å². The molecular weight excluding hydrogens is 387 g/mol. The smallest absolute Gasteiger partial charge is 0.374 e. The topological polar surface area (TPSA) is 65.5 Å². The zero-order valence-electron chi connectivity index (χ0n) is 10.5. The number of pyridine rings is 1. The summed E-state index contributed by atoms with van der Waals surface area (Å²) < 4.78 is 7.33. The third-order valence-corrected chi connectivity index (χ3v) is 3.44. The Hall–Kier alpha value is -1.57. The van der Waals surface area contributed by atoms with Gasteiger partial charge in [0.1, 0.15) is 12.9 Å². The normalized spacial score (nSPS) is 10.3. The summed E-state index contributed by atoms with van der Waals surface area (Å²) in [4.78, 5) is 15.4. The molecule has 0 saturated heterocycles. The first-order valence-electron chi connectivity index (χ1n) is 5.49. The van der Waals surface area contributed by atoms with Crippen LogP contribution >= 0.6 is 39.1 Å². The molecule has 2 aromatic rings. The largest absolute Gasteiger partial charge is 0.443 e. The molecule has 1 aromatic carbocycles. The van der Waals surface area contributed by atoms with Crippen LogP contribution in [-0.4, -0.2) is 12.0 Å². The van der Waals surface area contributed by atoms with E-state index in [1.54, 1.807) is 12.1 Å². The molecule has 0 amide bonds. The van der Waals surface area contributed by atoms with Gasteiger partial charge in [-0.3, -0.25) is 15.0 Å². The zero-order valence-corrected chi connectivity index (χ0v) is 13.6. The predicted octanol–water partition coefficient (Wildman–Crippen LogP) is 3.80. The summed E-state index contributed by atoms with van der Waals surface area (Å²) in [5.41, 5.74) is -0.288. The van der Waals surface area contributed by atoms with E-state index in [0.29, 0.717) is 15.2 Å². The lowest BCUT2D eigenvalue weighted by molar-refractivity contribution is -0.883. The van der Waals surface area contributed by atoms with E-state index < -0.39 is 4.92 Å². The Bertz CT molecular complexity index is 692. The summed E-state index contributed by atoms with van der Waals surface area (Å²) in [6, 6.07) is 6.00. The van der Waals surface area contributed by atoms with Gasteiger partial charge >= 0.3 is 10.8 Å². The van der Waals surface area contributed by atoms with E-state index in [2.05, 4.69) is 15.9 Å². The minimum atomic E-state index is -0.596. The van der Waals surface area contributed by atoms with E-state index in [1.165, 1.54) is 25.4 Å². The first kappa shape index (κ1) is 15.8. The third-order valence-electron chi connectivity index (χ3n) is 2.43. The van der Waals surface area contributed by atoms with Crippen molar-refractivity contribution in [2.24, 2.45) is 0 Å². The minimum absolute atomic E-state index is 0.0669. The maximum absolute atomic E-state index is 11.1. The van der Waals surface area contributed by atoms with Crippen molar-refractivity contribution < 1.29 is 19.2 Å². The molecule has 0 spiro atoms. The van der Waals surface area contributed by atoms with Crippen molar-refractivity contribution in [1.82, 2.24) is 0 Å². The molecular formula is C12H8BrCl2N2O4+. The highest BCUT2D eigenvalue weighted by Crippen LogP contribution is 2.37. The predicted molar refractivity (Wildman–Crippen MR) is 80.0 cm³/mol. The third kappa shape index (κ3) is 3.55. The van der Waals surface area contributed by atoms with Crippen molar-refractivity contribution in [3.8, 4) is 11.5 Å². The van der Waals surface area contributed by atoms with Crippen LogP contribution < -0.4 is 14.3 Å². The number of aromatic nitrogens is 1. The lowest BCUT2D eigenvalue weighted by atomic mass is 10.3. The van der Waals surface area contributed by atoms with Gasteiger partial charge in [0.05, 0.1) is 11.0 Å². The second-order valence-corrected chi connectivity index (χ2v) is 5.50. The van der Waals surface area contributed by atoms with Gasteiger partial charge < -0.3 is 4.74 Å². The molecule has 21 heavy (non-hydrogen) atoms. The molecule has 0 radical (unpaired) electrons. The molecule has 1 aromatic heterocycles. The molecule has 0 unspecified atom stereocenters. The van der Waals surface area contributed by atoms with Crippen molar-refractivity contribution in [2.75, 3.05) is 7.11 Å². The van der Waals surface area contributed by atoms with E-state index in [0.717, 1.165) is 4.73 Å². The fourth-order valence-corrected chi connectivity index (χ4v) is 2.66. The maximum atomic E-state index is 11.1. The minimum Gasteiger partial charge on any atom is -0.443 e. The molecule has 0 aliphatic carbocycles. The molecule has 0 atom stereocenters. The van der Waals surface area contributed by atoms with Crippen molar-refractivity contribution >= 4 is 44.8 Å². The fraction of sp³-hybridized carbons (Fsp3) is 0.0833. The number of nitro groups is 1. The number of ether oxygens (including phenoxy) is 1. The van der Waals surface area contributed by atoms with Crippen LogP contribution in [0.5, 0.6) is 11.5 Å². The first-order chi connectivity index (χ1) is 9.92. The van der Waals surface area contributed by atoms with Gasteiger partial charge in [0.15, 0.2) is 0 Å². The SMILES string of the molecule is CO[n+]1ccc([N+](=O)[O-])c(Oc2cc(Cl)cc(Br)c2)c1Cl. The maximum Gasteiger partial charge on any atom is 0.374 e. The highest BCUT2D eigenvalue weighted by Gasteiger charge is 2.29. The van der Waals surface area contributed by atoms with Crippen molar-refractivity contribution in [3.63, 3.8) is 0 Å². The van der Waals surface area contributed by atoms with E-state index in [9.17, 15) is 10.1 Å². The molecule has 0 fully saturated rings. The Morgan fingerprint density at radius 1 is 1.33 bits per heavy atom. The Morgan fingerprint density at radius 2 is 2.05 bits per heavy atom. The van der Waals surface area contributed by atoms with Crippen LogP contribution in [-0.2, 0) is 0 Å². The van der Waals surface area contributed by atoms with Gasteiger partial charge in [-0.05, 0) is 29.8 Å². The van der Waals surface area contributed by atoms with E-state index in [-0.39, 0.29) is 16.6 Å². The number of hydrogen-bond acceptors (Lipinski definition) is 4. The van der Waals surface area contributed by atoms with E-state index in [4.69, 9.17) is 32.8 Å². The van der Waals surface area contributed by atoms with Crippen LogP contribution in [0.2, 0.25) is 10.2 Å². The lowest BCUT2D eigenvalue weighted by Gasteiger charge is -2.07. The Morgan fingerprint density at radius 3 is 2.62 bits per heavy atom. The van der Waals surface area contributed by atoms with Crippen LogP contribution in [0.1, 0.15) is 0 Å². The highest BCUT2D eigenvalue weighted by molar-refractivity contribution is 9.10. The lowest BCUT2D eigenvalue weighted by Crippen LogP contribution is -2.41. The number of rotatable bonds is 4. The Kier molecular flexibility index (Phi) is 4.87. The van der Waals surface area contributed by atoms with Gasteiger partial charge in [0.2, 0.25) is 6.20 Å². The summed E-state index contributed by atoms with van der Waals surface area (Å²) in [6.07, 6.45) is 1.32. The summed E-state index contributed by atoms with van der Waals surface area (Å²) in [6.45, 7) is 0. The quantitative estimate of drug-likeness (QED) is 0.342. The van der Waals surface area contributed by atoms with Crippen molar-refractivity contribution in [1.29, 1.82) is 0 Å². The van der Waals surface area contributed by atoms with Crippen LogP contribution in [0.4, 0.5) is 5.69 Å². The zero-order chi connectivity index (χ0) is 15.6. The van der Waals surface area contributed by atoms with Gasteiger partial charge in [-0.25, -0.2) is 0 Å². The molecule has 0 aliphatic heterocycles. The van der Waals surface area contributed by atoms with Crippen LogP contribution in [0.15, 0.2) is 34.9 Å². The van der Waals surface area contributed by atoms with Crippen LogP contribution in [0.3, 0.4) is 0 Å². The average molecular weight is 395 g/mol. The van der Waals surface area contributed by atoms with Gasteiger partial charge in [0.25, 0.3) is 5.75 Å². The Labute approximate surface area is 138 Å². The molecule has 6 nitrogen and oxygen atoms in total. The first-order valence-corrected chi connectivity index (χ1v) is 7.04. The standard InChI is InChI=1S/C12H8BrCl2N2O4/c1-20-16-3-2-10(17(18)19)11(12(16)15)21-9-5-7(13)4-8(14)6-9/h2-6H,1H3/q+1. The molecule has 0 N–H and O–H groups in total. The number of benzene rings is 1. The van der Waals surface area contributed by atoms with Gasteiger partial charge in [-0.15, -0.1) is 0 Å². The highest BCUT2D eigenvalue weighted by atomic mass is 79.9. The molecule has 1 heterocycles. The molecule has 110 valence electrons. The molecule has 0 saturated carbocycles. The summed E-state index contributed by atoms with van der Waals surface area (Å²) in [5, 5.41) is 11.4. The summed E-state index contributed by atoms with van der Waals surface area (Å²) in [5.74, 6) is 0.161. The number of hydrogen-bond donors (Lipinski definition) is 0. The summed E-state index contributed by atoms with van der Waals surface area (Å²) in [7, 11) is 1.37. The Balaban J connectivity index is 2.53. The van der Waals surface area contributed by atoms with Crippen molar-refractivity contribution in [3.05, 3.63) is 55.2 Å². The number of halogens is 3. The molecule has 0 bridgehead atoms. The number of nitrogens with zero attached hydrogens (tertiary/aromatic N) is 2. The van der Waals surface area contributed by atoms with Gasteiger partial charge in [-0.1, -0.05) is 27.5 Å². The molecule has 0 aliphatic rings. The molecule has 9 heteroatoms. The second-order valence-electron chi connectivity index (χ2n) is 3.79. The fourth-order valence-electron chi connectivity index (χ4n) is 1.57. The van der Waals surface area contributed by atoms with E-state index in [1.807, 2.05) is 0 Å². The van der Waals surface area contributed by atoms with Gasteiger partial charge in [0, 0.05) is 14.2 Å². The summed E-state index contributed by atoms with van der Waals surface area (Å²) >= 11 is 15.2. The van der Waals surface area contributed by atoms with Crippen LogP contribution in [0.25, 0.3) is 0 Å². The van der Waals surface area contributed by atoms with Crippen LogP contribution in [0, 0.1) is 10.1 Å². The van der Waals surface area contributed by atoms with Crippen molar-refractivity contribution in [2.45, 2.75) is 0 Å². The van der Waals surface area contributed by atoms with E-state index >= 15 is 0 Å². The monoisotopic (exact) mass is 393 g/mol. The average Bonchev–Trinajstić information content (AvgIpc) is 2.39. The molecule has 2 rings (SSSR count).